The Morgan fingerprint density at radius 1 is 1.58 bits per heavy atom. The fraction of sp³-hybridized carbons (Fsp3) is 0.889. The van der Waals surface area contributed by atoms with E-state index in [-0.39, 0.29) is 5.91 Å². The summed E-state index contributed by atoms with van der Waals surface area (Å²) in [7, 11) is 0. The van der Waals surface area contributed by atoms with Gasteiger partial charge in [0, 0.05) is 18.8 Å². The summed E-state index contributed by atoms with van der Waals surface area (Å²) >= 11 is 5.47. The average Bonchev–Trinajstić information content (AvgIpc) is 2.77. The molecule has 0 bridgehead atoms. The van der Waals surface area contributed by atoms with Gasteiger partial charge in [0.15, 0.2) is 0 Å². The van der Waals surface area contributed by atoms with Crippen LogP contribution in [0.1, 0.15) is 32.6 Å². The van der Waals surface area contributed by atoms with E-state index in [1.54, 1.807) is 0 Å². The van der Waals surface area contributed by atoms with Gasteiger partial charge in [0.1, 0.15) is 0 Å². The molecule has 1 N–H and O–H groups in total. The lowest BCUT2D eigenvalue weighted by atomic mass is 10.1. The third kappa shape index (κ3) is 3.44. The highest BCUT2D eigenvalue weighted by Crippen LogP contribution is 2.43. The Hall–Kier alpha value is -0.240. The molecule has 1 saturated carbocycles. The van der Waals surface area contributed by atoms with Crippen LogP contribution in [-0.2, 0) is 4.79 Å². The summed E-state index contributed by atoms with van der Waals surface area (Å²) in [6.45, 7) is 3.04. The highest BCUT2D eigenvalue weighted by Gasteiger charge is 2.37. The normalized spacial score (nSPS) is 18.8. The number of halogens is 1. The van der Waals surface area contributed by atoms with Crippen LogP contribution >= 0.6 is 11.6 Å². The van der Waals surface area contributed by atoms with Crippen LogP contribution in [0.4, 0.5) is 0 Å². The van der Waals surface area contributed by atoms with Gasteiger partial charge in [0.05, 0.1) is 0 Å². The molecule has 0 radical (unpaired) electrons. The number of rotatable bonds is 5. The van der Waals surface area contributed by atoms with E-state index < -0.39 is 0 Å². The van der Waals surface area contributed by atoms with E-state index in [0.717, 1.165) is 13.0 Å². The molecule has 0 aliphatic heterocycles. The molecule has 0 aromatic rings. The lowest BCUT2D eigenvalue weighted by Crippen LogP contribution is -2.28. The van der Waals surface area contributed by atoms with Gasteiger partial charge >= 0.3 is 0 Å². The van der Waals surface area contributed by atoms with Crippen LogP contribution in [0.5, 0.6) is 0 Å². The first kappa shape index (κ1) is 9.85. The molecule has 0 spiro atoms. The van der Waals surface area contributed by atoms with Crippen LogP contribution < -0.4 is 5.32 Å². The van der Waals surface area contributed by atoms with Crippen molar-refractivity contribution in [1.82, 2.24) is 5.32 Å². The van der Waals surface area contributed by atoms with Crippen LogP contribution in [-0.4, -0.2) is 18.3 Å². The van der Waals surface area contributed by atoms with Gasteiger partial charge in [-0.2, -0.15) is 0 Å². The lowest BCUT2D eigenvalue weighted by Gasteiger charge is -2.09. The predicted molar refractivity (Wildman–Crippen MR) is 50.3 cm³/mol. The minimum atomic E-state index is 0.142. The first-order chi connectivity index (χ1) is 5.66. The summed E-state index contributed by atoms with van der Waals surface area (Å²) in [6, 6.07) is 0. The lowest BCUT2D eigenvalue weighted by molar-refractivity contribution is -0.121. The number of hydrogen-bond donors (Lipinski definition) is 1. The van der Waals surface area contributed by atoms with Gasteiger partial charge in [-0.15, -0.1) is 11.6 Å². The van der Waals surface area contributed by atoms with E-state index in [4.69, 9.17) is 11.6 Å². The van der Waals surface area contributed by atoms with Crippen molar-refractivity contribution in [1.29, 1.82) is 0 Å². The molecule has 1 aliphatic carbocycles. The largest absolute Gasteiger partial charge is 0.356 e. The smallest absolute Gasteiger partial charge is 0.220 e. The van der Waals surface area contributed by atoms with Crippen LogP contribution in [0.25, 0.3) is 0 Å². The predicted octanol–water partition coefficient (Wildman–Crippen LogP) is 1.92. The molecule has 0 heterocycles. The maximum atomic E-state index is 11.1. The minimum Gasteiger partial charge on any atom is -0.356 e. The minimum absolute atomic E-state index is 0.142. The Kier molecular flexibility index (Phi) is 3.39. The molecule has 0 aromatic carbocycles. The van der Waals surface area contributed by atoms with Crippen molar-refractivity contribution in [2.24, 2.45) is 5.41 Å². The zero-order valence-electron chi connectivity index (χ0n) is 7.53. The van der Waals surface area contributed by atoms with Gasteiger partial charge in [-0.1, -0.05) is 6.92 Å². The number of amides is 1. The molecule has 0 aromatic heterocycles. The Labute approximate surface area is 78.7 Å². The van der Waals surface area contributed by atoms with Gasteiger partial charge < -0.3 is 5.32 Å². The van der Waals surface area contributed by atoms with E-state index in [9.17, 15) is 4.79 Å². The zero-order chi connectivity index (χ0) is 9.03. The van der Waals surface area contributed by atoms with Crippen molar-refractivity contribution in [3.05, 3.63) is 0 Å². The van der Waals surface area contributed by atoms with Crippen molar-refractivity contribution >= 4 is 17.5 Å². The number of nitrogens with one attached hydrogen (secondary N) is 1. The second-order valence-electron chi connectivity index (χ2n) is 3.88. The molecule has 1 fully saturated rings. The highest BCUT2D eigenvalue weighted by molar-refractivity contribution is 6.17. The third-order valence-corrected chi connectivity index (χ3v) is 2.62. The Bertz CT molecular complexity index is 166. The van der Waals surface area contributed by atoms with Crippen LogP contribution in [0.2, 0.25) is 0 Å². The van der Waals surface area contributed by atoms with Crippen molar-refractivity contribution in [2.75, 3.05) is 12.4 Å². The molecule has 12 heavy (non-hydrogen) atoms. The van der Waals surface area contributed by atoms with E-state index in [2.05, 4.69) is 12.2 Å². The average molecular weight is 190 g/mol. The summed E-state index contributed by atoms with van der Waals surface area (Å²) in [5, 5.41) is 2.92. The Balaban J connectivity index is 2.02. The highest BCUT2D eigenvalue weighted by atomic mass is 35.5. The quantitative estimate of drug-likeness (QED) is 0.658. The van der Waals surface area contributed by atoms with Crippen molar-refractivity contribution in [2.45, 2.75) is 32.6 Å². The topological polar surface area (TPSA) is 29.1 Å². The summed E-state index contributed by atoms with van der Waals surface area (Å²) in [4.78, 5) is 11.1. The molecule has 0 atom stereocenters. The first-order valence-electron chi connectivity index (χ1n) is 4.49. The number of carbonyl (C=O) groups is 1. The summed E-state index contributed by atoms with van der Waals surface area (Å²) in [6.07, 6.45) is 3.86. The van der Waals surface area contributed by atoms with Crippen molar-refractivity contribution in [3.8, 4) is 0 Å². The second-order valence-corrected chi connectivity index (χ2v) is 4.26. The van der Waals surface area contributed by atoms with Crippen LogP contribution in [0.15, 0.2) is 0 Å². The maximum absolute atomic E-state index is 11.1. The summed E-state index contributed by atoms with van der Waals surface area (Å²) < 4.78 is 0. The molecule has 2 nitrogen and oxygen atoms in total. The van der Waals surface area contributed by atoms with Crippen molar-refractivity contribution in [3.63, 3.8) is 0 Å². The molecular formula is C9H16ClNO. The van der Waals surface area contributed by atoms with Gasteiger partial charge in [-0.25, -0.2) is 0 Å². The Morgan fingerprint density at radius 3 is 2.75 bits per heavy atom. The molecular weight excluding hydrogens is 174 g/mol. The maximum Gasteiger partial charge on any atom is 0.220 e. The molecule has 1 amide bonds. The van der Waals surface area contributed by atoms with Gasteiger partial charge in [0.25, 0.3) is 0 Å². The zero-order valence-corrected chi connectivity index (χ0v) is 8.28. The van der Waals surface area contributed by atoms with E-state index in [1.807, 2.05) is 0 Å². The van der Waals surface area contributed by atoms with Crippen molar-refractivity contribution < 1.29 is 4.79 Å². The van der Waals surface area contributed by atoms with Gasteiger partial charge in [-0.05, 0) is 24.7 Å². The molecule has 70 valence electrons. The first-order valence-corrected chi connectivity index (χ1v) is 5.02. The third-order valence-electron chi connectivity index (χ3n) is 2.35. The second kappa shape index (κ2) is 4.13. The number of hydrogen-bond acceptors (Lipinski definition) is 1. The summed E-state index contributed by atoms with van der Waals surface area (Å²) in [5.74, 6) is 0.716. The fourth-order valence-corrected chi connectivity index (χ4v) is 1.15. The van der Waals surface area contributed by atoms with Gasteiger partial charge in [0.2, 0.25) is 5.91 Å². The molecule has 0 saturated heterocycles. The molecule has 1 aliphatic rings. The number of alkyl halides is 1. The SMILES string of the molecule is CC1(CNC(=O)CCCCl)CC1. The molecule has 0 unspecified atom stereocenters. The molecule has 1 rings (SSSR count). The monoisotopic (exact) mass is 189 g/mol. The Morgan fingerprint density at radius 2 is 2.25 bits per heavy atom. The summed E-state index contributed by atoms with van der Waals surface area (Å²) in [5.41, 5.74) is 0.413. The fourth-order valence-electron chi connectivity index (χ4n) is 1.02. The van der Waals surface area contributed by atoms with E-state index in [1.165, 1.54) is 12.8 Å². The molecule has 3 heteroatoms. The van der Waals surface area contributed by atoms with Gasteiger partial charge in [-0.3, -0.25) is 4.79 Å². The number of carbonyl (C=O) groups excluding carboxylic acids is 1. The van der Waals surface area contributed by atoms with E-state index >= 15 is 0 Å². The van der Waals surface area contributed by atoms with Crippen LogP contribution in [0.3, 0.4) is 0 Å². The van der Waals surface area contributed by atoms with Crippen LogP contribution in [0, 0.1) is 5.41 Å². The van der Waals surface area contributed by atoms with E-state index in [0.29, 0.717) is 17.7 Å². The standard InChI is InChI=1S/C9H16ClNO/c1-9(4-5-9)7-11-8(12)3-2-6-10/h2-7H2,1H3,(H,11,12).